The molecular weight excluding hydrogens is 280 g/mol. The molecule has 1 N–H and O–H groups in total. The molecule has 0 spiro atoms. The third-order valence-corrected chi connectivity index (χ3v) is 3.33. The standard InChI is InChI=1S/C17H16N2O3/c1-21-10-8-18-17(20)13-11-15(16-7-4-9-22-16)19-14-6-3-2-5-12(13)14/h2-7,9,11H,8,10H2,1H3,(H,18,20). The molecule has 22 heavy (non-hydrogen) atoms. The lowest BCUT2D eigenvalue weighted by Gasteiger charge is -2.09. The summed E-state index contributed by atoms with van der Waals surface area (Å²) in [6, 6.07) is 12.9. The SMILES string of the molecule is COCCNC(=O)c1cc(-c2ccco2)nc2ccccc12. The number of nitrogens with zero attached hydrogens (tertiary/aromatic N) is 1. The Balaban J connectivity index is 2.05. The van der Waals surface area contributed by atoms with Crippen molar-refractivity contribution < 1.29 is 13.9 Å². The van der Waals surface area contributed by atoms with Gasteiger partial charge in [0.15, 0.2) is 5.76 Å². The zero-order valence-electron chi connectivity index (χ0n) is 12.2. The Morgan fingerprint density at radius 2 is 2.14 bits per heavy atom. The van der Waals surface area contributed by atoms with Gasteiger partial charge in [-0.05, 0) is 24.3 Å². The average molecular weight is 296 g/mol. The van der Waals surface area contributed by atoms with Gasteiger partial charge in [-0.1, -0.05) is 18.2 Å². The summed E-state index contributed by atoms with van der Waals surface area (Å²) >= 11 is 0. The molecule has 0 radical (unpaired) electrons. The molecular formula is C17H16N2O3. The van der Waals surface area contributed by atoms with Crippen LogP contribution in [0.2, 0.25) is 0 Å². The number of para-hydroxylation sites is 1. The predicted molar refractivity (Wildman–Crippen MR) is 83.7 cm³/mol. The first-order chi connectivity index (χ1) is 10.8. The van der Waals surface area contributed by atoms with Crippen LogP contribution >= 0.6 is 0 Å². The smallest absolute Gasteiger partial charge is 0.252 e. The summed E-state index contributed by atoms with van der Waals surface area (Å²) in [6.45, 7) is 0.932. The molecule has 112 valence electrons. The van der Waals surface area contributed by atoms with E-state index in [0.29, 0.717) is 30.2 Å². The molecule has 0 saturated heterocycles. The first-order valence-electron chi connectivity index (χ1n) is 7.00. The number of rotatable bonds is 5. The first-order valence-corrected chi connectivity index (χ1v) is 7.00. The lowest BCUT2D eigenvalue weighted by molar-refractivity contribution is 0.0938. The van der Waals surface area contributed by atoms with Crippen molar-refractivity contribution in [1.29, 1.82) is 0 Å². The van der Waals surface area contributed by atoms with Gasteiger partial charge in [-0.25, -0.2) is 4.98 Å². The van der Waals surface area contributed by atoms with Gasteiger partial charge < -0.3 is 14.5 Å². The summed E-state index contributed by atoms with van der Waals surface area (Å²) < 4.78 is 10.3. The van der Waals surface area contributed by atoms with E-state index in [1.54, 1.807) is 25.5 Å². The van der Waals surface area contributed by atoms with Crippen molar-refractivity contribution in [3.8, 4) is 11.5 Å². The first kappa shape index (κ1) is 14.3. The summed E-state index contributed by atoms with van der Waals surface area (Å²) in [6.07, 6.45) is 1.59. The molecule has 0 saturated carbocycles. The number of pyridine rings is 1. The van der Waals surface area contributed by atoms with Gasteiger partial charge in [-0.2, -0.15) is 0 Å². The average Bonchev–Trinajstić information content (AvgIpc) is 3.08. The second-order valence-corrected chi connectivity index (χ2v) is 4.80. The Morgan fingerprint density at radius 3 is 2.91 bits per heavy atom. The molecule has 5 heteroatoms. The molecule has 5 nitrogen and oxygen atoms in total. The second kappa shape index (κ2) is 6.41. The maximum Gasteiger partial charge on any atom is 0.252 e. The third kappa shape index (κ3) is 2.84. The van der Waals surface area contributed by atoms with E-state index in [1.807, 2.05) is 30.3 Å². The summed E-state index contributed by atoms with van der Waals surface area (Å²) in [5, 5.41) is 3.65. The van der Waals surface area contributed by atoms with Crippen molar-refractivity contribution in [3.63, 3.8) is 0 Å². The molecule has 0 fully saturated rings. The topological polar surface area (TPSA) is 64.4 Å². The number of furan rings is 1. The van der Waals surface area contributed by atoms with Gasteiger partial charge in [0.2, 0.25) is 0 Å². The van der Waals surface area contributed by atoms with Crippen molar-refractivity contribution in [3.05, 3.63) is 54.3 Å². The van der Waals surface area contributed by atoms with Crippen LogP contribution in [0.5, 0.6) is 0 Å². The number of fused-ring (bicyclic) bond motifs is 1. The summed E-state index contributed by atoms with van der Waals surface area (Å²) in [5.74, 6) is 0.486. The molecule has 0 aliphatic rings. The number of benzene rings is 1. The highest BCUT2D eigenvalue weighted by molar-refractivity contribution is 6.07. The zero-order chi connectivity index (χ0) is 15.4. The third-order valence-electron chi connectivity index (χ3n) is 3.33. The van der Waals surface area contributed by atoms with Crippen LogP contribution in [0.25, 0.3) is 22.4 Å². The maximum absolute atomic E-state index is 12.4. The van der Waals surface area contributed by atoms with E-state index in [-0.39, 0.29) is 5.91 Å². The molecule has 1 amide bonds. The highest BCUT2D eigenvalue weighted by Gasteiger charge is 2.14. The monoisotopic (exact) mass is 296 g/mol. The number of methoxy groups -OCH3 is 1. The van der Waals surface area contributed by atoms with E-state index in [9.17, 15) is 4.79 Å². The van der Waals surface area contributed by atoms with Crippen LogP contribution in [-0.4, -0.2) is 31.2 Å². The number of nitrogens with one attached hydrogen (secondary N) is 1. The van der Waals surface area contributed by atoms with Crippen LogP contribution < -0.4 is 5.32 Å². The fourth-order valence-corrected chi connectivity index (χ4v) is 2.28. The van der Waals surface area contributed by atoms with E-state index in [4.69, 9.17) is 9.15 Å². The molecule has 2 heterocycles. The highest BCUT2D eigenvalue weighted by atomic mass is 16.5. The van der Waals surface area contributed by atoms with Crippen molar-refractivity contribution in [1.82, 2.24) is 10.3 Å². The van der Waals surface area contributed by atoms with Gasteiger partial charge in [0, 0.05) is 19.0 Å². The van der Waals surface area contributed by atoms with E-state index in [2.05, 4.69) is 10.3 Å². The number of amides is 1. The zero-order valence-corrected chi connectivity index (χ0v) is 12.2. The predicted octanol–water partition coefficient (Wildman–Crippen LogP) is 2.87. The number of hydrogen-bond donors (Lipinski definition) is 1. The van der Waals surface area contributed by atoms with Gasteiger partial charge in [-0.3, -0.25) is 4.79 Å². The van der Waals surface area contributed by atoms with Crippen molar-refractivity contribution >= 4 is 16.8 Å². The fraction of sp³-hybridized carbons (Fsp3) is 0.176. The van der Waals surface area contributed by atoms with Crippen LogP contribution in [0.1, 0.15) is 10.4 Å². The quantitative estimate of drug-likeness (QED) is 0.735. The Bertz CT molecular complexity index is 782. The highest BCUT2D eigenvalue weighted by Crippen LogP contribution is 2.25. The van der Waals surface area contributed by atoms with Gasteiger partial charge in [0.25, 0.3) is 5.91 Å². The van der Waals surface area contributed by atoms with Gasteiger partial charge >= 0.3 is 0 Å². The second-order valence-electron chi connectivity index (χ2n) is 4.80. The van der Waals surface area contributed by atoms with Crippen LogP contribution in [0, 0.1) is 0 Å². The number of carbonyl (C=O) groups excluding carboxylic acids is 1. The Hall–Kier alpha value is -2.66. The largest absolute Gasteiger partial charge is 0.463 e. The van der Waals surface area contributed by atoms with Crippen LogP contribution in [-0.2, 0) is 4.74 Å². The minimum Gasteiger partial charge on any atom is -0.463 e. The van der Waals surface area contributed by atoms with E-state index in [1.165, 1.54) is 0 Å². The molecule has 0 aliphatic carbocycles. The fourth-order valence-electron chi connectivity index (χ4n) is 2.28. The molecule has 0 bridgehead atoms. The molecule has 0 atom stereocenters. The minimum atomic E-state index is -0.150. The van der Waals surface area contributed by atoms with E-state index < -0.39 is 0 Å². The van der Waals surface area contributed by atoms with Crippen LogP contribution in [0.4, 0.5) is 0 Å². The lowest BCUT2D eigenvalue weighted by Crippen LogP contribution is -2.27. The van der Waals surface area contributed by atoms with E-state index in [0.717, 1.165) is 10.9 Å². The van der Waals surface area contributed by atoms with Gasteiger partial charge in [0.05, 0.1) is 24.0 Å². The lowest BCUT2D eigenvalue weighted by atomic mass is 10.1. The molecule has 2 aromatic heterocycles. The van der Waals surface area contributed by atoms with Crippen molar-refractivity contribution in [2.24, 2.45) is 0 Å². The number of carbonyl (C=O) groups is 1. The normalized spacial score (nSPS) is 10.8. The number of ether oxygens (including phenoxy) is 1. The molecule has 1 aromatic carbocycles. The summed E-state index contributed by atoms with van der Waals surface area (Å²) in [5.41, 5.74) is 1.97. The van der Waals surface area contributed by atoms with Crippen molar-refractivity contribution in [2.75, 3.05) is 20.3 Å². The maximum atomic E-state index is 12.4. The number of aromatic nitrogens is 1. The Morgan fingerprint density at radius 1 is 1.27 bits per heavy atom. The van der Waals surface area contributed by atoms with E-state index >= 15 is 0 Å². The Kier molecular flexibility index (Phi) is 4.16. The van der Waals surface area contributed by atoms with Gasteiger partial charge in [-0.15, -0.1) is 0 Å². The molecule has 3 rings (SSSR count). The Labute approximate surface area is 127 Å². The molecule has 3 aromatic rings. The van der Waals surface area contributed by atoms with Crippen LogP contribution in [0.3, 0.4) is 0 Å². The molecule has 0 aliphatic heterocycles. The van der Waals surface area contributed by atoms with Crippen molar-refractivity contribution in [2.45, 2.75) is 0 Å². The summed E-state index contributed by atoms with van der Waals surface area (Å²) in [4.78, 5) is 17.0. The number of hydrogen-bond acceptors (Lipinski definition) is 4. The molecule has 0 unspecified atom stereocenters. The van der Waals surface area contributed by atoms with Gasteiger partial charge in [0.1, 0.15) is 5.69 Å². The minimum absolute atomic E-state index is 0.150. The van der Waals surface area contributed by atoms with Crippen LogP contribution in [0.15, 0.2) is 53.1 Å². The summed E-state index contributed by atoms with van der Waals surface area (Å²) in [7, 11) is 1.60.